The number of esters is 1. The van der Waals surface area contributed by atoms with Crippen molar-refractivity contribution in [1.82, 2.24) is 5.32 Å². The Balaban J connectivity index is 0.000000384. The Morgan fingerprint density at radius 3 is 2.38 bits per heavy atom. The van der Waals surface area contributed by atoms with Gasteiger partial charge in [0.05, 0.1) is 0 Å². The third kappa shape index (κ3) is 9.40. The van der Waals surface area contributed by atoms with Gasteiger partial charge in [0.1, 0.15) is 12.4 Å². The van der Waals surface area contributed by atoms with Gasteiger partial charge < -0.3 is 14.8 Å². The number of rotatable bonds is 7. The topological polar surface area (TPSA) is 64.6 Å². The van der Waals surface area contributed by atoms with E-state index < -0.39 is 0 Å². The molecule has 116 valence electrons. The monoisotopic (exact) mass is 293 g/mol. The quantitative estimate of drug-likeness (QED) is 0.361. The molecule has 0 atom stereocenters. The molecule has 0 aliphatic carbocycles. The molecule has 5 heteroatoms. The van der Waals surface area contributed by atoms with E-state index in [0.717, 1.165) is 6.42 Å². The van der Waals surface area contributed by atoms with Gasteiger partial charge in [-0.05, 0) is 38.1 Å². The summed E-state index contributed by atoms with van der Waals surface area (Å²) in [5, 5.41) is 2.86. The van der Waals surface area contributed by atoms with Crippen molar-refractivity contribution in [2.24, 2.45) is 0 Å². The summed E-state index contributed by atoms with van der Waals surface area (Å²) in [6.07, 6.45) is 1.00. The molecule has 1 aromatic rings. The molecule has 0 aliphatic rings. The first-order valence-electron chi connectivity index (χ1n) is 6.71. The molecule has 0 fully saturated rings. The minimum absolute atomic E-state index is 0.324. The Morgan fingerprint density at radius 1 is 1.33 bits per heavy atom. The fourth-order valence-corrected chi connectivity index (χ4v) is 1.23. The van der Waals surface area contributed by atoms with E-state index in [9.17, 15) is 9.59 Å². The van der Waals surface area contributed by atoms with E-state index in [1.54, 1.807) is 26.1 Å². The summed E-state index contributed by atoms with van der Waals surface area (Å²) in [6.45, 7) is 8.66. The third-order valence-corrected chi connectivity index (χ3v) is 2.45. The number of aryl methyl sites for hydroxylation is 1. The lowest BCUT2D eigenvalue weighted by atomic mass is 10.2. The Labute approximate surface area is 125 Å². The van der Waals surface area contributed by atoms with Crippen molar-refractivity contribution in [3.63, 3.8) is 0 Å². The Morgan fingerprint density at radius 2 is 1.95 bits per heavy atom. The lowest BCUT2D eigenvalue weighted by Gasteiger charge is -2.01. The molecule has 1 aromatic carbocycles. The zero-order valence-electron chi connectivity index (χ0n) is 12.8. The Bertz CT molecular complexity index is 440. The first-order chi connectivity index (χ1) is 10.0. The molecule has 0 saturated heterocycles. The fraction of sp³-hybridized carbons (Fsp3) is 0.375. The van der Waals surface area contributed by atoms with Crippen LogP contribution in [0.5, 0.6) is 5.75 Å². The number of nitrogens with one attached hydrogen (secondary N) is 1. The second-order valence-corrected chi connectivity index (χ2v) is 4.23. The average Bonchev–Trinajstić information content (AvgIpc) is 2.49. The predicted octanol–water partition coefficient (Wildman–Crippen LogP) is 2.11. The van der Waals surface area contributed by atoms with Gasteiger partial charge in [0, 0.05) is 12.1 Å². The molecule has 1 rings (SSSR count). The molecular weight excluding hydrogens is 270 g/mol. The van der Waals surface area contributed by atoms with E-state index in [0.29, 0.717) is 30.9 Å². The molecule has 0 amide bonds. The maximum atomic E-state index is 10.7. The average molecular weight is 293 g/mol. The summed E-state index contributed by atoms with van der Waals surface area (Å²) in [6, 6.07) is 7.46. The highest BCUT2D eigenvalue weighted by Crippen LogP contribution is 2.11. The van der Waals surface area contributed by atoms with E-state index in [-0.39, 0.29) is 5.97 Å². The summed E-state index contributed by atoms with van der Waals surface area (Å²) in [5.41, 5.74) is 1.68. The van der Waals surface area contributed by atoms with Crippen molar-refractivity contribution >= 4 is 12.4 Å². The first kappa shape index (κ1) is 18.9. The van der Waals surface area contributed by atoms with Crippen LogP contribution in [0.25, 0.3) is 0 Å². The molecule has 0 aromatic heterocycles. The highest BCUT2D eigenvalue weighted by Gasteiger charge is 2.00. The third-order valence-electron chi connectivity index (χ3n) is 2.45. The van der Waals surface area contributed by atoms with Crippen LogP contribution < -0.4 is 10.1 Å². The minimum atomic E-state index is -0.324. The normalized spacial score (nSPS) is 9.10. The minimum Gasteiger partial charge on any atom is -0.461 e. The molecule has 0 radical (unpaired) electrons. The SMILES string of the molecule is C=C(C)C(=O)OCCNC.CCc1ccc(OC=O)cc1. The largest absolute Gasteiger partial charge is 0.461 e. The van der Waals surface area contributed by atoms with Crippen molar-refractivity contribution in [1.29, 1.82) is 0 Å². The molecular formula is C16H23NO4. The number of benzene rings is 1. The summed E-state index contributed by atoms with van der Waals surface area (Å²) in [7, 11) is 1.80. The standard InChI is InChI=1S/C9H10O2.C7H13NO2/c1-2-8-3-5-9(6-4-8)11-7-10;1-6(2)7(9)10-5-4-8-3/h3-7H,2H2,1H3;8H,1,4-5H2,2-3H3. The lowest BCUT2D eigenvalue weighted by Crippen LogP contribution is -2.17. The molecule has 0 bridgehead atoms. The van der Waals surface area contributed by atoms with Crippen molar-refractivity contribution in [3.8, 4) is 5.75 Å². The highest BCUT2D eigenvalue weighted by molar-refractivity contribution is 5.86. The van der Waals surface area contributed by atoms with E-state index in [1.807, 2.05) is 12.1 Å². The maximum absolute atomic E-state index is 10.7. The summed E-state index contributed by atoms with van der Waals surface area (Å²) >= 11 is 0. The molecule has 0 saturated carbocycles. The Kier molecular flexibility index (Phi) is 10.5. The molecule has 21 heavy (non-hydrogen) atoms. The lowest BCUT2D eigenvalue weighted by molar-refractivity contribution is -0.138. The van der Waals surface area contributed by atoms with E-state index in [2.05, 4.69) is 23.6 Å². The van der Waals surface area contributed by atoms with Crippen LogP contribution in [0.4, 0.5) is 0 Å². The van der Waals surface area contributed by atoms with Gasteiger partial charge in [-0.25, -0.2) is 4.79 Å². The molecule has 1 N–H and O–H groups in total. The number of likely N-dealkylation sites (N-methyl/N-ethyl adjacent to an activating group) is 1. The van der Waals surface area contributed by atoms with Crippen LogP contribution in [0.3, 0.4) is 0 Å². The second kappa shape index (κ2) is 11.7. The van der Waals surface area contributed by atoms with Crippen LogP contribution in [0.15, 0.2) is 36.4 Å². The number of hydrogen-bond donors (Lipinski definition) is 1. The van der Waals surface area contributed by atoms with Crippen LogP contribution >= 0.6 is 0 Å². The maximum Gasteiger partial charge on any atom is 0.333 e. The van der Waals surface area contributed by atoms with Crippen molar-refractivity contribution in [3.05, 3.63) is 42.0 Å². The van der Waals surface area contributed by atoms with E-state index >= 15 is 0 Å². The Hall–Kier alpha value is -2.14. The molecule has 0 unspecified atom stereocenters. The van der Waals surface area contributed by atoms with E-state index in [4.69, 9.17) is 4.74 Å². The van der Waals surface area contributed by atoms with Gasteiger partial charge in [0.25, 0.3) is 6.47 Å². The summed E-state index contributed by atoms with van der Waals surface area (Å²) < 4.78 is 9.37. The van der Waals surface area contributed by atoms with Crippen LogP contribution in [-0.2, 0) is 20.7 Å². The van der Waals surface area contributed by atoms with Gasteiger partial charge in [-0.15, -0.1) is 0 Å². The van der Waals surface area contributed by atoms with Gasteiger partial charge in [-0.3, -0.25) is 4.79 Å². The predicted molar refractivity (Wildman–Crippen MR) is 82.2 cm³/mol. The van der Waals surface area contributed by atoms with Gasteiger partial charge in [-0.1, -0.05) is 25.6 Å². The number of hydrogen-bond acceptors (Lipinski definition) is 5. The van der Waals surface area contributed by atoms with Crippen LogP contribution in [0, 0.1) is 0 Å². The van der Waals surface area contributed by atoms with Gasteiger partial charge in [0.2, 0.25) is 0 Å². The molecule has 5 nitrogen and oxygen atoms in total. The first-order valence-corrected chi connectivity index (χ1v) is 6.71. The molecule has 0 aliphatic heterocycles. The zero-order valence-corrected chi connectivity index (χ0v) is 12.8. The van der Waals surface area contributed by atoms with Gasteiger partial charge in [0.15, 0.2) is 0 Å². The van der Waals surface area contributed by atoms with Gasteiger partial charge in [-0.2, -0.15) is 0 Å². The van der Waals surface area contributed by atoms with Crippen molar-refractivity contribution in [2.45, 2.75) is 20.3 Å². The fourth-order valence-electron chi connectivity index (χ4n) is 1.23. The summed E-state index contributed by atoms with van der Waals surface area (Å²) in [5.74, 6) is 0.271. The number of ether oxygens (including phenoxy) is 2. The second-order valence-electron chi connectivity index (χ2n) is 4.23. The molecule has 0 heterocycles. The van der Waals surface area contributed by atoms with Crippen molar-refractivity contribution in [2.75, 3.05) is 20.2 Å². The van der Waals surface area contributed by atoms with E-state index in [1.165, 1.54) is 5.56 Å². The number of carbonyl (C=O) groups is 2. The number of carbonyl (C=O) groups excluding carboxylic acids is 2. The van der Waals surface area contributed by atoms with Gasteiger partial charge >= 0.3 is 5.97 Å². The van der Waals surface area contributed by atoms with Crippen molar-refractivity contribution < 1.29 is 19.1 Å². The molecule has 0 spiro atoms. The smallest absolute Gasteiger partial charge is 0.333 e. The van der Waals surface area contributed by atoms with Crippen LogP contribution in [0.2, 0.25) is 0 Å². The highest BCUT2D eigenvalue weighted by atomic mass is 16.5. The van der Waals surface area contributed by atoms with Crippen LogP contribution in [-0.4, -0.2) is 32.6 Å². The summed E-state index contributed by atoms with van der Waals surface area (Å²) in [4.78, 5) is 20.6. The zero-order chi connectivity index (χ0) is 16.1. The van der Waals surface area contributed by atoms with Crippen LogP contribution in [0.1, 0.15) is 19.4 Å².